The summed E-state index contributed by atoms with van der Waals surface area (Å²) in [5.74, 6) is -7.44. The van der Waals surface area contributed by atoms with Gasteiger partial charge in [0.1, 0.15) is 6.61 Å². The van der Waals surface area contributed by atoms with E-state index in [9.17, 15) is 22.4 Å². The van der Waals surface area contributed by atoms with Crippen LogP contribution in [0.2, 0.25) is 0 Å². The fourth-order valence-electron chi connectivity index (χ4n) is 2.80. The second kappa shape index (κ2) is 6.45. The molecule has 2 rings (SSSR count). The molecule has 0 aromatic heterocycles. The van der Waals surface area contributed by atoms with E-state index in [-0.39, 0.29) is 5.92 Å². The van der Waals surface area contributed by atoms with E-state index in [2.05, 4.69) is 0 Å². The minimum atomic E-state index is -1.55. The van der Waals surface area contributed by atoms with Gasteiger partial charge in [-0.05, 0) is 24.3 Å². The summed E-state index contributed by atoms with van der Waals surface area (Å²) in [6, 6.07) is 0. The van der Waals surface area contributed by atoms with E-state index in [0.29, 0.717) is 0 Å². The molecule has 0 aliphatic heterocycles. The van der Waals surface area contributed by atoms with Crippen molar-refractivity contribution in [3.05, 3.63) is 46.7 Å². The molecule has 0 heterocycles. The van der Waals surface area contributed by atoms with E-state index in [1.54, 1.807) is 6.08 Å². The Kier molecular flexibility index (Phi) is 4.92. The summed E-state index contributed by atoms with van der Waals surface area (Å²) in [5.41, 5.74) is -2.09. The molecule has 0 N–H and O–H groups in total. The maximum Gasteiger partial charge on any atom is 0.310 e. The molecular weight excluding hydrogens is 328 g/mol. The SMILES string of the molecule is CO/C=C/[C@@H]1[C@@H](C(=O)OCc2c(F)c(F)c(C)c(F)c2F)C1(C)C. The largest absolute Gasteiger partial charge is 0.505 e. The van der Waals surface area contributed by atoms with Gasteiger partial charge < -0.3 is 9.47 Å². The number of rotatable bonds is 5. The van der Waals surface area contributed by atoms with Gasteiger partial charge in [0.15, 0.2) is 23.3 Å². The molecule has 132 valence electrons. The van der Waals surface area contributed by atoms with Gasteiger partial charge in [0, 0.05) is 5.56 Å². The number of carbonyl (C=O) groups is 1. The van der Waals surface area contributed by atoms with Crippen LogP contribution in [0.5, 0.6) is 0 Å². The quantitative estimate of drug-likeness (QED) is 0.350. The van der Waals surface area contributed by atoms with Crippen molar-refractivity contribution in [2.24, 2.45) is 17.3 Å². The van der Waals surface area contributed by atoms with Crippen LogP contribution in [0.4, 0.5) is 17.6 Å². The lowest BCUT2D eigenvalue weighted by Crippen LogP contribution is -2.14. The molecule has 1 aliphatic rings. The molecule has 1 fully saturated rings. The fraction of sp³-hybridized carbons (Fsp3) is 0.471. The van der Waals surface area contributed by atoms with Crippen molar-refractivity contribution in [3.63, 3.8) is 0 Å². The van der Waals surface area contributed by atoms with E-state index in [1.807, 2.05) is 13.8 Å². The van der Waals surface area contributed by atoms with Crippen LogP contribution in [0.3, 0.4) is 0 Å². The van der Waals surface area contributed by atoms with Crippen molar-refractivity contribution >= 4 is 5.97 Å². The van der Waals surface area contributed by atoms with Gasteiger partial charge in [-0.25, -0.2) is 17.6 Å². The van der Waals surface area contributed by atoms with Crippen molar-refractivity contribution in [1.29, 1.82) is 0 Å². The predicted molar refractivity (Wildman–Crippen MR) is 77.7 cm³/mol. The lowest BCUT2D eigenvalue weighted by molar-refractivity contribution is -0.147. The van der Waals surface area contributed by atoms with Gasteiger partial charge in [0.25, 0.3) is 0 Å². The molecule has 1 saturated carbocycles. The normalized spacial score (nSPS) is 21.8. The first-order valence-corrected chi connectivity index (χ1v) is 7.32. The van der Waals surface area contributed by atoms with Crippen LogP contribution >= 0.6 is 0 Å². The topological polar surface area (TPSA) is 35.5 Å². The Morgan fingerprint density at radius 1 is 1.12 bits per heavy atom. The Labute approximate surface area is 137 Å². The molecule has 7 heteroatoms. The highest BCUT2D eigenvalue weighted by Gasteiger charge is 2.61. The standard InChI is InChI=1S/C17H18F4O3/c1-8-12(18)14(20)9(15(21)13(8)19)7-24-16(22)11-10(5-6-23-4)17(11,2)3/h5-6,10-11H,7H2,1-4H3/b6-5+/t10-,11+/m1/s1. The average Bonchev–Trinajstić information content (AvgIpc) is 3.09. The van der Waals surface area contributed by atoms with E-state index in [0.717, 1.165) is 6.92 Å². The van der Waals surface area contributed by atoms with E-state index >= 15 is 0 Å². The van der Waals surface area contributed by atoms with E-state index < -0.39 is 58.3 Å². The summed E-state index contributed by atoms with van der Waals surface area (Å²) in [4.78, 5) is 12.1. The maximum absolute atomic E-state index is 13.8. The smallest absolute Gasteiger partial charge is 0.310 e. The number of esters is 1. The first kappa shape index (κ1) is 18.3. The molecular formula is C17H18F4O3. The number of halogens is 4. The second-order valence-corrected chi connectivity index (χ2v) is 6.36. The van der Waals surface area contributed by atoms with Crippen molar-refractivity contribution in [2.45, 2.75) is 27.4 Å². The summed E-state index contributed by atoms with van der Waals surface area (Å²) in [7, 11) is 1.46. The van der Waals surface area contributed by atoms with Gasteiger partial charge in [-0.3, -0.25) is 4.79 Å². The monoisotopic (exact) mass is 346 g/mol. The van der Waals surface area contributed by atoms with Crippen LogP contribution < -0.4 is 0 Å². The molecule has 1 aromatic rings. The molecule has 1 aliphatic carbocycles. The molecule has 2 atom stereocenters. The lowest BCUT2D eigenvalue weighted by Gasteiger charge is -2.10. The number of methoxy groups -OCH3 is 1. The Bertz CT molecular complexity index is 669. The molecule has 0 unspecified atom stereocenters. The van der Waals surface area contributed by atoms with Crippen LogP contribution in [-0.2, 0) is 20.9 Å². The molecule has 0 amide bonds. The maximum atomic E-state index is 13.8. The number of carbonyl (C=O) groups excluding carboxylic acids is 1. The highest BCUT2D eigenvalue weighted by Crippen LogP contribution is 2.59. The number of allylic oxidation sites excluding steroid dienone is 1. The van der Waals surface area contributed by atoms with Crippen molar-refractivity contribution in [1.82, 2.24) is 0 Å². The van der Waals surface area contributed by atoms with Crippen LogP contribution in [0, 0.1) is 47.4 Å². The summed E-state index contributed by atoms with van der Waals surface area (Å²) >= 11 is 0. The molecule has 1 aromatic carbocycles. The third-order valence-electron chi connectivity index (χ3n) is 4.52. The molecule has 0 spiro atoms. The van der Waals surface area contributed by atoms with Crippen molar-refractivity contribution < 1.29 is 31.8 Å². The Balaban J connectivity index is 2.13. The molecule has 0 bridgehead atoms. The third-order valence-corrected chi connectivity index (χ3v) is 4.52. The molecule has 3 nitrogen and oxygen atoms in total. The van der Waals surface area contributed by atoms with Gasteiger partial charge in [-0.15, -0.1) is 0 Å². The molecule has 0 radical (unpaired) electrons. The van der Waals surface area contributed by atoms with Gasteiger partial charge in [0.05, 0.1) is 24.9 Å². The van der Waals surface area contributed by atoms with Gasteiger partial charge in [-0.1, -0.05) is 13.8 Å². The first-order valence-electron chi connectivity index (χ1n) is 7.32. The van der Waals surface area contributed by atoms with Crippen LogP contribution in [0.1, 0.15) is 25.0 Å². The van der Waals surface area contributed by atoms with Crippen molar-refractivity contribution in [3.8, 4) is 0 Å². The van der Waals surface area contributed by atoms with Gasteiger partial charge >= 0.3 is 5.97 Å². The van der Waals surface area contributed by atoms with E-state index in [1.165, 1.54) is 13.4 Å². The lowest BCUT2D eigenvalue weighted by atomic mass is 10.1. The first-order chi connectivity index (χ1) is 11.1. The van der Waals surface area contributed by atoms with Crippen LogP contribution in [0.25, 0.3) is 0 Å². The number of benzene rings is 1. The highest BCUT2D eigenvalue weighted by atomic mass is 19.2. The van der Waals surface area contributed by atoms with Crippen LogP contribution in [0.15, 0.2) is 12.3 Å². The average molecular weight is 346 g/mol. The summed E-state index contributed by atoms with van der Waals surface area (Å²) in [6.45, 7) is 3.70. The minimum Gasteiger partial charge on any atom is -0.505 e. The zero-order valence-electron chi connectivity index (χ0n) is 13.8. The zero-order valence-corrected chi connectivity index (χ0v) is 13.8. The summed E-state index contributed by atoms with van der Waals surface area (Å²) in [6.07, 6.45) is 3.13. The minimum absolute atomic E-state index is 0.147. The Hall–Kier alpha value is -2.05. The zero-order chi connectivity index (χ0) is 18.2. The summed E-state index contributed by atoms with van der Waals surface area (Å²) < 4.78 is 64.2. The number of hydrogen-bond donors (Lipinski definition) is 0. The van der Waals surface area contributed by atoms with Gasteiger partial charge in [-0.2, -0.15) is 0 Å². The van der Waals surface area contributed by atoms with Crippen molar-refractivity contribution in [2.75, 3.05) is 7.11 Å². The third kappa shape index (κ3) is 2.99. The summed E-state index contributed by atoms with van der Waals surface area (Å²) in [5, 5.41) is 0. The number of ether oxygens (including phenoxy) is 2. The highest BCUT2D eigenvalue weighted by molar-refractivity contribution is 5.78. The van der Waals surface area contributed by atoms with E-state index in [4.69, 9.17) is 9.47 Å². The molecule has 0 saturated heterocycles. The van der Waals surface area contributed by atoms with Gasteiger partial charge in [0.2, 0.25) is 0 Å². The predicted octanol–water partition coefficient (Wildman–Crippen LogP) is 4.03. The second-order valence-electron chi connectivity index (χ2n) is 6.36. The Morgan fingerprint density at radius 2 is 1.67 bits per heavy atom. The fourth-order valence-corrected chi connectivity index (χ4v) is 2.80. The molecule has 24 heavy (non-hydrogen) atoms. The number of hydrogen-bond acceptors (Lipinski definition) is 3. The van der Waals surface area contributed by atoms with Crippen LogP contribution in [-0.4, -0.2) is 13.1 Å². The Morgan fingerprint density at radius 3 is 2.17 bits per heavy atom.